The van der Waals surface area contributed by atoms with Crippen molar-refractivity contribution in [2.45, 2.75) is 24.9 Å². The third kappa shape index (κ3) is 2.21. The van der Waals surface area contributed by atoms with E-state index in [1.807, 2.05) is 11.3 Å². The Kier molecular flexibility index (Phi) is 3.19. The van der Waals surface area contributed by atoms with Gasteiger partial charge in [-0.1, -0.05) is 0 Å². The number of fused-ring (bicyclic) bond motifs is 2. The summed E-state index contributed by atoms with van der Waals surface area (Å²) >= 11 is 1.85. The number of nitrogen functional groups attached to an aromatic ring is 2. The zero-order valence-electron chi connectivity index (χ0n) is 12.3. The fraction of sp³-hybridized carbons (Fsp3) is 0.467. The van der Waals surface area contributed by atoms with Crippen LogP contribution < -0.4 is 16.4 Å². The van der Waals surface area contributed by atoms with Crippen LogP contribution >= 0.6 is 11.3 Å². The summed E-state index contributed by atoms with van der Waals surface area (Å²) in [5, 5.41) is 2.18. The molecule has 4 rings (SSSR count). The van der Waals surface area contributed by atoms with Gasteiger partial charge in [0.1, 0.15) is 11.6 Å². The van der Waals surface area contributed by atoms with Gasteiger partial charge in [-0.05, 0) is 29.9 Å². The fourth-order valence-corrected chi connectivity index (χ4v) is 4.45. The van der Waals surface area contributed by atoms with Crippen LogP contribution in [-0.4, -0.2) is 29.7 Å². The second-order valence-corrected chi connectivity index (χ2v) is 6.85. The van der Waals surface area contributed by atoms with Crippen molar-refractivity contribution >= 4 is 28.9 Å². The molecular formula is C15H19N5OS. The van der Waals surface area contributed by atoms with Gasteiger partial charge in [-0.15, -0.1) is 11.3 Å². The van der Waals surface area contributed by atoms with E-state index < -0.39 is 0 Å². The summed E-state index contributed by atoms with van der Waals surface area (Å²) in [6.45, 7) is 2.58. The van der Waals surface area contributed by atoms with Gasteiger partial charge in [0.2, 0.25) is 5.95 Å². The Labute approximate surface area is 133 Å². The molecule has 116 valence electrons. The summed E-state index contributed by atoms with van der Waals surface area (Å²) in [5.74, 6) is 1.45. The Morgan fingerprint density at radius 2 is 2.05 bits per heavy atom. The maximum absolute atomic E-state index is 6.22. The molecule has 0 aromatic carbocycles. The zero-order chi connectivity index (χ0) is 15.2. The highest BCUT2D eigenvalue weighted by Crippen LogP contribution is 2.43. The van der Waals surface area contributed by atoms with Crippen molar-refractivity contribution in [3.63, 3.8) is 0 Å². The number of hydrogen-bond donors (Lipinski definition) is 2. The molecule has 0 bridgehead atoms. The Balaban J connectivity index is 1.56. The lowest BCUT2D eigenvalue weighted by Crippen LogP contribution is -2.46. The van der Waals surface area contributed by atoms with E-state index in [0.717, 1.165) is 44.8 Å². The Bertz CT molecular complexity index is 673. The molecule has 0 atom stereocenters. The summed E-state index contributed by atoms with van der Waals surface area (Å²) in [5.41, 5.74) is 12.7. The SMILES string of the molecule is Nc1cc(N2CCC3(CC2)OCCc2sccc23)nc(N)n1. The number of nitrogens with zero attached hydrogens (tertiary/aromatic N) is 3. The van der Waals surface area contributed by atoms with E-state index in [-0.39, 0.29) is 11.5 Å². The smallest absolute Gasteiger partial charge is 0.223 e. The van der Waals surface area contributed by atoms with E-state index in [2.05, 4.69) is 26.3 Å². The number of hydrogen-bond acceptors (Lipinski definition) is 7. The van der Waals surface area contributed by atoms with E-state index in [1.165, 1.54) is 10.4 Å². The molecule has 0 radical (unpaired) electrons. The summed E-state index contributed by atoms with van der Waals surface area (Å²) in [6.07, 6.45) is 2.96. The van der Waals surface area contributed by atoms with Crippen LogP contribution in [0, 0.1) is 0 Å². The molecule has 4 heterocycles. The van der Waals surface area contributed by atoms with E-state index in [9.17, 15) is 0 Å². The number of anilines is 3. The van der Waals surface area contributed by atoms with Gasteiger partial charge < -0.3 is 21.1 Å². The highest BCUT2D eigenvalue weighted by atomic mass is 32.1. The summed E-state index contributed by atoms with van der Waals surface area (Å²) < 4.78 is 6.22. The van der Waals surface area contributed by atoms with Crippen LogP contribution in [0.3, 0.4) is 0 Å². The fourth-order valence-electron chi connectivity index (χ4n) is 3.50. The van der Waals surface area contributed by atoms with Gasteiger partial charge in [0.25, 0.3) is 0 Å². The van der Waals surface area contributed by atoms with Crippen molar-refractivity contribution in [2.75, 3.05) is 36.1 Å². The molecule has 0 unspecified atom stereocenters. The number of ether oxygens (including phenoxy) is 1. The molecule has 2 aliphatic heterocycles. The molecule has 0 saturated carbocycles. The average molecular weight is 317 g/mol. The number of thiophene rings is 1. The number of piperidine rings is 1. The van der Waals surface area contributed by atoms with Gasteiger partial charge in [-0.2, -0.15) is 9.97 Å². The second-order valence-electron chi connectivity index (χ2n) is 5.85. The standard InChI is InChI=1S/C15H19N5OS/c16-12-9-13(19-14(17)18-12)20-5-3-15(4-6-20)10-2-8-22-11(10)1-7-21-15/h2,8-9H,1,3-7H2,(H4,16,17,18,19). The maximum Gasteiger partial charge on any atom is 0.223 e. The molecule has 0 aliphatic carbocycles. The zero-order valence-corrected chi connectivity index (χ0v) is 13.1. The molecule has 1 spiro atoms. The van der Waals surface area contributed by atoms with Gasteiger partial charge in [0, 0.05) is 30.5 Å². The number of nitrogens with two attached hydrogens (primary N) is 2. The summed E-state index contributed by atoms with van der Waals surface area (Å²) in [4.78, 5) is 11.9. The van der Waals surface area contributed by atoms with Gasteiger partial charge in [-0.3, -0.25) is 0 Å². The van der Waals surface area contributed by atoms with Gasteiger partial charge in [0.05, 0.1) is 12.2 Å². The molecule has 0 amide bonds. The van der Waals surface area contributed by atoms with Crippen LogP contribution in [0.1, 0.15) is 23.3 Å². The van der Waals surface area contributed by atoms with Crippen molar-refractivity contribution < 1.29 is 4.74 Å². The first-order valence-electron chi connectivity index (χ1n) is 7.52. The first-order chi connectivity index (χ1) is 10.7. The van der Waals surface area contributed by atoms with E-state index >= 15 is 0 Å². The summed E-state index contributed by atoms with van der Waals surface area (Å²) in [6, 6.07) is 4.02. The quantitative estimate of drug-likeness (QED) is 0.833. The summed E-state index contributed by atoms with van der Waals surface area (Å²) in [7, 11) is 0. The molecule has 7 heteroatoms. The molecule has 2 aromatic heterocycles. The Morgan fingerprint density at radius 3 is 2.82 bits per heavy atom. The monoisotopic (exact) mass is 317 g/mol. The van der Waals surface area contributed by atoms with E-state index in [1.54, 1.807) is 6.07 Å². The Hall–Kier alpha value is -1.86. The highest BCUT2D eigenvalue weighted by molar-refractivity contribution is 7.10. The van der Waals surface area contributed by atoms with Crippen molar-refractivity contribution in [3.8, 4) is 0 Å². The van der Waals surface area contributed by atoms with Crippen LogP contribution in [0.5, 0.6) is 0 Å². The number of rotatable bonds is 1. The first kappa shape index (κ1) is 13.8. The second kappa shape index (κ2) is 5.10. The predicted molar refractivity (Wildman–Crippen MR) is 88.0 cm³/mol. The minimum atomic E-state index is -0.117. The van der Waals surface area contributed by atoms with E-state index in [0.29, 0.717) is 5.82 Å². The lowest BCUT2D eigenvalue weighted by Gasteiger charge is -2.44. The first-order valence-corrected chi connectivity index (χ1v) is 8.40. The molecule has 2 aliphatic rings. The van der Waals surface area contributed by atoms with Crippen molar-refractivity contribution in [1.29, 1.82) is 0 Å². The molecular weight excluding hydrogens is 298 g/mol. The van der Waals surface area contributed by atoms with Gasteiger partial charge >= 0.3 is 0 Å². The molecule has 1 saturated heterocycles. The van der Waals surface area contributed by atoms with Crippen LogP contribution in [-0.2, 0) is 16.8 Å². The minimum absolute atomic E-state index is 0.117. The molecule has 1 fully saturated rings. The lowest BCUT2D eigenvalue weighted by molar-refractivity contribution is -0.0757. The maximum atomic E-state index is 6.22. The lowest BCUT2D eigenvalue weighted by atomic mass is 9.82. The van der Waals surface area contributed by atoms with Crippen LogP contribution in [0.25, 0.3) is 0 Å². The predicted octanol–water partition coefficient (Wildman–Crippen LogP) is 1.77. The van der Waals surface area contributed by atoms with Crippen molar-refractivity contribution in [1.82, 2.24) is 9.97 Å². The number of aromatic nitrogens is 2. The normalized spacial score (nSPS) is 20.1. The topological polar surface area (TPSA) is 90.3 Å². The van der Waals surface area contributed by atoms with Crippen LogP contribution in [0.2, 0.25) is 0 Å². The average Bonchev–Trinajstić information content (AvgIpc) is 2.97. The molecule has 2 aromatic rings. The Morgan fingerprint density at radius 1 is 1.23 bits per heavy atom. The molecule has 4 N–H and O–H groups in total. The van der Waals surface area contributed by atoms with E-state index in [4.69, 9.17) is 16.2 Å². The van der Waals surface area contributed by atoms with Crippen LogP contribution in [0.15, 0.2) is 17.5 Å². The van der Waals surface area contributed by atoms with Gasteiger partial charge in [-0.25, -0.2) is 0 Å². The third-order valence-electron chi connectivity index (χ3n) is 4.59. The van der Waals surface area contributed by atoms with Crippen molar-refractivity contribution in [3.05, 3.63) is 28.0 Å². The largest absolute Gasteiger partial charge is 0.383 e. The molecule has 22 heavy (non-hydrogen) atoms. The van der Waals surface area contributed by atoms with Crippen LogP contribution in [0.4, 0.5) is 17.6 Å². The highest BCUT2D eigenvalue weighted by Gasteiger charge is 2.41. The van der Waals surface area contributed by atoms with Crippen molar-refractivity contribution in [2.24, 2.45) is 0 Å². The minimum Gasteiger partial charge on any atom is -0.383 e. The molecule has 6 nitrogen and oxygen atoms in total. The third-order valence-corrected chi connectivity index (χ3v) is 5.57. The van der Waals surface area contributed by atoms with Gasteiger partial charge in [0.15, 0.2) is 0 Å².